The van der Waals surface area contributed by atoms with Crippen molar-refractivity contribution in [2.75, 3.05) is 19.6 Å². The maximum Gasteiger partial charge on any atom is 0.246 e. The lowest BCUT2D eigenvalue weighted by molar-refractivity contribution is 0.260. The van der Waals surface area contributed by atoms with E-state index in [2.05, 4.69) is 14.8 Å². The second-order valence-corrected chi connectivity index (χ2v) is 6.80. The maximum atomic E-state index is 12.2. The summed E-state index contributed by atoms with van der Waals surface area (Å²) in [5, 5.41) is 3.68. The highest BCUT2D eigenvalue weighted by atomic mass is 32.2. The summed E-state index contributed by atoms with van der Waals surface area (Å²) in [7, 11) is -3.54. The first-order chi connectivity index (χ1) is 8.92. The third-order valence-electron chi connectivity index (χ3n) is 3.57. The highest BCUT2D eigenvalue weighted by molar-refractivity contribution is 7.89. The summed E-state index contributed by atoms with van der Waals surface area (Å²) in [5.74, 6) is 0.332. The van der Waals surface area contributed by atoms with Gasteiger partial charge in [0, 0.05) is 12.6 Å². The second-order valence-electron chi connectivity index (χ2n) is 5.10. The molecular formula is C12H21N3O3S. The summed E-state index contributed by atoms with van der Waals surface area (Å²) < 4.78 is 32.0. The maximum absolute atomic E-state index is 12.2. The SMILES string of the molecule is Cc1noc(C)c1S(=O)(=O)NC[C@@H](C)N1CCCC1. The molecule has 1 fully saturated rings. The fraction of sp³-hybridized carbons (Fsp3) is 0.750. The number of rotatable bonds is 5. The van der Waals surface area contributed by atoms with Crippen LogP contribution in [-0.4, -0.2) is 44.2 Å². The Balaban J connectivity index is 2.02. The molecule has 0 bridgehead atoms. The van der Waals surface area contributed by atoms with Crippen molar-refractivity contribution >= 4 is 10.0 Å². The minimum absolute atomic E-state index is 0.168. The average Bonchev–Trinajstić information content (AvgIpc) is 2.96. The summed E-state index contributed by atoms with van der Waals surface area (Å²) in [6, 6.07) is 0.206. The van der Waals surface area contributed by atoms with Crippen LogP contribution in [0.25, 0.3) is 0 Å². The standard InChI is InChI=1S/C12H21N3O3S/c1-9(15-6-4-5-7-15)8-13-19(16,17)12-10(2)14-18-11(12)3/h9,13H,4-8H2,1-3H3/t9-/m1/s1. The number of sulfonamides is 1. The van der Waals surface area contributed by atoms with Crippen molar-refractivity contribution in [2.24, 2.45) is 0 Å². The van der Waals surface area contributed by atoms with Gasteiger partial charge in [0.15, 0.2) is 5.76 Å². The van der Waals surface area contributed by atoms with Crippen LogP contribution < -0.4 is 4.72 Å². The molecule has 0 amide bonds. The molecule has 19 heavy (non-hydrogen) atoms. The summed E-state index contributed by atoms with van der Waals surface area (Å²) in [6.07, 6.45) is 2.39. The first-order valence-electron chi connectivity index (χ1n) is 6.58. The van der Waals surface area contributed by atoms with Gasteiger partial charge in [0.2, 0.25) is 10.0 Å². The van der Waals surface area contributed by atoms with E-state index >= 15 is 0 Å². The fourth-order valence-electron chi connectivity index (χ4n) is 2.47. The van der Waals surface area contributed by atoms with E-state index in [1.54, 1.807) is 13.8 Å². The summed E-state index contributed by atoms with van der Waals surface area (Å²) in [6.45, 7) is 7.80. The van der Waals surface area contributed by atoms with E-state index in [9.17, 15) is 8.42 Å². The van der Waals surface area contributed by atoms with Gasteiger partial charge in [-0.25, -0.2) is 13.1 Å². The van der Waals surface area contributed by atoms with Gasteiger partial charge in [-0.1, -0.05) is 5.16 Å². The molecule has 1 atom stereocenters. The molecule has 1 aliphatic rings. The summed E-state index contributed by atoms with van der Waals surface area (Å²) in [4.78, 5) is 2.47. The lowest BCUT2D eigenvalue weighted by Crippen LogP contribution is -2.40. The van der Waals surface area contributed by atoms with Gasteiger partial charge >= 0.3 is 0 Å². The van der Waals surface area contributed by atoms with Gasteiger partial charge in [-0.15, -0.1) is 0 Å². The molecule has 2 rings (SSSR count). The van der Waals surface area contributed by atoms with Crippen molar-refractivity contribution < 1.29 is 12.9 Å². The molecule has 0 saturated carbocycles. The average molecular weight is 287 g/mol. The Kier molecular flexibility index (Phi) is 4.27. The van der Waals surface area contributed by atoms with Crippen molar-refractivity contribution in [1.82, 2.24) is 14.8 Å². The van der Waals surface area contributed by atoms with E-state index < -0.39 is 10.0 Å². The molecule has 0 radical (unpaired) electrons. The summed E-state index contributed by atoms with van der Waals surface area (Å²) in [5.41, 5.74) is 0.402. The monoisotopic (exact) mass is 287 g/mol. The smallest absolute Gasteiger partial charge is 0.246 e. The number of likely N-dealkylation sites (tertiary alicyclic amines) is 1. The zero-order valence-electron chi connectivity index (χ0n) is 11.6. The van der Waals surface area contributed by atoms with E-state index in [1.807, 2.05) is 6.92 Å². The molecular weight excluding hydrogens is 266 g/mol. The molecule has 1 saturated heterocycles. The van der Waals surface area contributed by atoms with Gasteiger partial charge in [0.1, 0.15) is 10.6 Å². The highest BCUT2D eigenvalue weighted by Gasteiger charge is 2.26. The largest absolute Gasteiger partial charge is 0.360 e. The molecule has 1 aromatic heterocycles. The second kappa shape index (κ2) is 5.60. The van der Waals surface area contributed by atoms with Crippen LogP contribution in [-0.2, 0) is 10.0 Å². The minimum atomic E-state index is -3.54. The molecule has 1 aromatic rings. The van der Waals surface area contributed by atoms with E-state index in [1.165, 1.54) is 12.8 Å². The molecule has 7 heteroatoms. The van der Waals surface area contributed by atoms with Crippen molar-refractivity contribution in [3.8, 4) is 0 Å². The van der Waals surface area contributed by atoms with Crippen molar-refractivity contribution in [2.45, 2.75) is 44.6 Å². The van der Waals surface area contributed by atoms with Crippen LogP contribution in [0.1, 0.15) is 31.2 Å². The van der Waals surface area contributed by atoms with Crippen molar-refractivity contribution in [3.63, 3.8) is 0 Å². The van der Waals surface area contributed by atoms with Crippen LogP contribution in [0.4, 0.5) is 0 Å². The molecule has 0 aliphatic carbocycles. The zero-order chi connectivity index (χ0) is 14.0. The molecule has 0 aromatic carbocycles. The molecule has 2 heterocycles. The normalized spacial score (nSPS) is 18.9. The van der Waals surface area contributed by atoms with Gasteiger partial charge in [-0.05, 0) is 46.7 Å². The quantitative estimate of drug-likeness (QED) is 0.876. The molecule has 1 aliphatic heterocycles. The van der Waals surface area contributed by atoms with Gasteiger partial charge in [-0.2, -0.15) is 0 Å². The van der Waals surface area contributed by atoms with Crippen LogP contribution in [0.5, 0.6) is 0 Å². The predicted octanol–water partition coefficient (Wildman–Crippen LogP) is 1.05. The van der Waals surface area contributed by atoms with Crippen LogP contribution in [0.15, 0.2) is 9.42 Å². The van der Waals surface area contributed by atoms with Gasteiger partial charge in [-0.3, -0.25) is 4.90 Å². The van der Waals surface area contributed by atoms with E-state index in [-0.39, 0.29) is 10.9 Å². The number of nitrogens with zero attached hydrogens (tertiary/aromatic N) is 2. The van der Waals surface area contributed by atoms with Crippen molar-refractivity contribution in [3.05, 3.63) is 11.5 Å². The number of hydrogen-bond donors (Lipinski definition) is 1. The Morgan fingerprint density at radius 1 is 1.37 bits per heavy atom. The lowest BCUT2D eigenvalue weighted by Gasteiger charge is -2.23. The van der Waals surface area contributed by atoms with E-state index in [0.29, 0.717) is 18.0 Å². The molecule has 1 N–H and O–H groups in total. The van der Waals surface area contributed by atoms with Crippen LogP contribution >= 0.6 is 0 Å². The minimum Gasteiger partial charge on any atom is -0.360 e. The van der Waals surface area contributed by atoms with E-state index in [0.717, 1.165) is 13.1 Å². The fourth-order valence-corrected chi connectivity index (χ4v) is 3.92. The predicted molar refractivity (Wildman–Crippen MR) is 71.4 cm³/mol. The van der Waals surface area contributed by atoms with Gasteiger partial charge < -0.3 is 4.52 Å². The Labute approximate surface area is 114 Å². The highest BCUT2D eigenvalue weighted by Crippen LogP contribution is 2.19. The summed E-state index contributed by atoms with van der Waals surface area (Å²) >= 11 is 0. The number of aryl methyl sites for hydroxylation is 2. The zero-order valence-corrected chi connectivity index (χ0v) is 12.5. The Morgan fingerprint density at radius 2 is 2.00 bits per heavy atom. The third kappa shape index (κ3) is 3.16. The Hall–Kier alpha value is -0.920. The van der Waals surface area contributed by atoms with Crippen LogP contribution in [0, 0.1) is 13.8 Å². The molecule has 108 valence electrons. The Bertz CT molecular complexity index is 513. The van der Waals surface area contributed by atoms with E-state index in [4.69, 9.17) is 4.52 Å². The third-order valence-corrected chi connectivity index (χ3v) is 5.24. The van der Waals surface area contributed by atoms with Crippen molar-refractivity contribution in [1.29, 1.82) is 0 Å². The van der Waals surface area contributed by atoms with Crippen LogP contribution in [0.3, 0.4) is 0 Å². The first-order valence-corrected chi connectivity index (χ1v) is 8.06. The van der Waals surface area contributed by atoms with Gasteiger partial charge in [0.25, 0.3) is 0 Å². The Morgan fingerprint density at radius 3 is 2.53 bits per heavy atom. The topological polar surface area (TPSA) is 75.4 Å². The van der Waals surface area contributed by atoms with Gasteiger partial charge in [0.05, 0.1) is 0 Å². The number of nitrogens with one attached hydrogen (secondary N) is 1. The number of hydrogen-bond acceptors (Lipinski definition) is 5. The first kappa shape index (κ1) is 14.5. The number of aromatic nitrogens is 1. The lowest BCUT2D eigenvalue weighted by atomic mass is 10.3. The van der Waals surface area contributed by atoms with Crippen LogP contribution in [0.2, 0.25) is 0 Å². The molecule has 0 unspecified atom stereocenters. The molecule has 6 nitrogen and oxygen atoms in total. The molecule has 0 spiro atoms.